The Kier molecular flexibility index (Phi) is 5.91. The number of para-hydroxylation sites is 1. The number of benzene rings is 1. The van der Waals surface area contributed by atoms with Crippen LogP contribution in [0.25, 0.3) is 27.5 Å². The van der Waals surface area contributed by atoms with Gasteiger partial charge in [-0.15, -0.1) is 0 Å². The summed E-state index contributed by atoms with van der Waals surface area (Å²) in [5, 5.41) is 6.12. The Labute approximate surface area is 195 Å². The Morgan fingerprint density at radius 2 is 1.76 bits per heavy atom. The van der Waals surface area contributed by atoms with Gasteiger partial charge in [-0.2, -0.15) is 5.10 Å². The van der Waals surface area contributed by atoms with Gasteiger partial charge in [0.15, 0.2) is 0 Å². The van der Waals surface area contributed by atoms with E-state index in [0.717, 1.165) is 42.4 Å². The van der Waals surface area contributed by atoms with Crippen LogP contribution in [0.2, 0.25) is 0 Å². The van der Waals surface area contributed by atoms with Crippen LogP contribution in [-0.2, 0) is 19.3 Å². The minimum atomic E-state index is 0.347. The zero-order valence-electron chi connectivity index (χ0n) is 19.6. The molecule has 4 nitrogen and oxygen atoms in total. The number of aromatic nitrogens is 4. The van der Waals surface area contributed by atoms with Crippen molar-refractivity contribution in [1.29, 1.82) is 0 Å². The Balaban J connectivity index is 1.48. The predicted octanol–water partition coefficient (Wildman–Crippen LogP) is 6.81. The fourth-order valence-corrected chi connectivity index (χ4v) is 4.89. The molecule has 0 amide bonds. The highest BCUT2D eigenvalue weighted by atomic mass is 15.2. The molecule has 5 rings (SSSR count). The van der Waals surface area contributed by atoms with Crippen molar-refractivity contribution in [3.8, 4) is 11.1 Å². The molecule has 1 aromatic carbocycles. The first kappa shape index (κ1) is 21.3. The molecule has 0 fully saturated rings. The predicted molar refractivity (Wildman–Crippen MR) is 136 cm³/mol. The third-order valence-corrected chi connectivity index (χ3v) is 6.46. The third kappa shape index (κ3) is 4.02. The molecule has 33 heavy (non-hydrogen) atoms. The van der Waals surface area contributed by atoms with Crippen LogP contribution in [0, 0.1) is 0 Å². The molecule has 0 aliphatic carbocycles. The van der Waals surface area contributed by atoms with Crippen LogP contribution in [0.3, 0.4) is 0 Å². The molecule has 4 heteroatoms. The molecule has 0 saturated carbocycles. The number of hydrogen-bond donors (Lipinski definition) is 0. The minimum absolute atomic E-state index is 0.347. The highest BCUT2D eigenvalue weighted by molar-refractivity contribution is 5.85. The summed E-state index contributed by atoms with van der Waals surface area (Å²) in [7, 11) is 0. The number of aryl methyl sites for hydroxylation is 2. The molecule has 166 valence electrons. The molecule has 0 N–H and O–H groups in total. The topological polar surface area (TPSA) is 43.1 Å². The first-order valence-corrected chi connectivity index (χ1v) is 11.9. The van der Waals surface area contributed by atoms with Gasteiger partial charge in [0.2, 0.25) is 0 Å². The van der Waals surface area contributed by atoms with Gasteiger partial charge in [-0.3, -0.25) is 9.97 Å². The second kappa shape index (κ2) is 9.14. The fraction of sp³-hybridized carbons (Fsp3) is 0.276. The van der Waals surface area contributed by atoms with E-state index in [9.17, 15) is 0 Å². The van der Waals surface area contributed by atoms with Gasteiger partial charge in [-0.05, 0) is 72.6 Å². The lowest BCUT2D eigenvalue weighted by molar-refractivity contribution is 0.785. The van der Waals surface area contributed by atoms with E-state index in [2.05, 4.69) is 68.2 Å². The molecule has 0 aliphatic rings. The molecular weight excluding hydrogens is 404 g/mol. The summed E-state index contributed by atoms with van der Waals surface area (Å²) in [6.07, 6.45) is 9.85. The molecule has 0 saturated heterocycles. The zero-order valence-corrected chi connectivity index (χ0v) is 19.6. The molecular formula is C29H30N4. The van der Waals surface area contributed by atoms with Crippen LogP contribution in [0.1, 0.15) is 55.6 Å². The molecule has 0 spiro atoms. The lowest BCUT2D eigenvalue weighted by Crippen LogP contribution is -2.02. The Morgan fingerprint density at radius 3 is 2.61 bits per heavy atom. The molecule has 4 heterocycles. The lowest BCUT2D eigenvalue weighted by Gasteiger charge is -2.15. The number of rotatable bonds is 7. The van der Waals surface area contributed by atoms with Crippen molar-refractivity contribution in [3.63, 3.8) is 0 Å². The van der Waals surface area contributed by atoms with Crippen molar-refractivity contribution < 1.29 is 0 Å². The van der Waals surface area contributed by atoms with E-state index >= 15 is 0 Å². The quantitative estimate of drug-likeness (QED) is 0.283. The monoisotopic (exact) mass is 434 g/mol. The van der Waals surface area contributed by atoms with Crippen molar-refractivity contribution in [2.24, 2.45) is 0 Å². The van der Waals surface area contributed by atoms with Gasteiger partial charge in [-0.1, -0.05) is 51.1 Å². The van der Waals surface area contributed by atoms with Crippen molar-refractivity contribution >= 4 is 16.4 Å². The van der Waals surface area contributed by atoms with Crippen LogP contribution in [0.4, 0.5) is 0 Å². The second-order valence-electron chi connectivity index (χ2n) is 8.93. The molecule has 4 aromatic heterocycles. The van der Waals surface area contributed by atoms with Crippen molar-refractivity contribution in [2.75, 3.05) is 0 Å². The Bertz CT molecular complexity index is 1410. The van der Waals surface area contributed by atoms with E-state index in [4.69, 9.17) is 10.1 Å². The first-order valence-electron chi connectivity index (χ1n) is 11.9. The highest BCUT2D eigenvalue weighted by Crippen LogP contribution is 2.36. The minimum Gasteiger partial charge on any atom is -0.261 e. The van der Waals surface area contributed by atoms with E-state index in [0.29, 0.717) is 5.92 Å². The van der Waals surface area contributed by atoms with E-state index in [1.165, 1.54) is 33.3 Å². The van der Waals surface area contributed by atoms with Gasteiger partial charge in [0.1, 0.15) is 0 Å². The summed E-state index contributed by atoms with van der Waals surface area (Å²) in [6.45, 7) is 6.67. The smallest absolute Gasteiger partial charge is 0.0743 e. The number of fused-ring (bicyclic) bond motifs is 2. The number of nitrogens with zero attached hydrogens (tertiary/aromatic N) is 4. The van der Waals surface area contributed by atoms with Gasteiger partial charge < -0.3 is 0 Å². The summed E-state index contributed by atoms with van der Waals surface area (Å²) in [5.41, 5.74) is 9.81. The van der Waals surface area contributed by atoms with Gasteiger partial charge in [0.05, 0.1) is 16.7 Å². The average molecular weight is 435 g/mol. The van der Waals surface area contributed by atoms with Crippen LogP contribution in [0.15, 0.2) is 73.2 Å². The third-order valence-electron chi connectivity index (χ3n) is 6.46. The summed E-state index contributed by atoms with van der Waals surface area (Å²) in [5.74, 6) is 0.347. The van der Waals surface area contributed by atoms with Gasteiger partial charge in [0, 0.05) is 35.2 Å². The maximum absolute atomic E-state index is 4.91. The number of pyridine rings is 3. The van der Waals surface area contributed by atoms with Crippen molar-refractivity contribution in [2.45, 2.75) is 52.4 Å². The molecule has 0 aliphatic heterocycles. The summed E-state index contributed by atoms with van der Waals surface area (Å²) in [4.78, 5) is 9.44. The molecule has 0 bridgehead atoms. The summed E-state index contributed by atoms with van der Waals surface area (Å²) in [6, 6.07) is 19.1. The summed E-state index contributed by atoms with van der Waals surface area (Å²) < 4.78 is 2.01. The van der Waals surface area contributed by atoms with Gasteiger partial charge in [-0.25, -0.2) is 4.52 Å². The Morgan fingerprint density at radius 1 is 0.879 bits per heavy atom. The second-order valence-corrected chi connectivity index (χ2v) is 8.93. The van der Waals surface area contributed by atoms with Crippen LogP contribution < -0.4 is 0 Å². The maximum atomic E-state index is 4.91. The van der Waals surface area contributed by atoms with Gasteiger partial charge >= 0.3 is 0 Å². The van der Waals surface area contributed by atoms with E-state index in [1.807, 2.05) is 35.2 Å². The SMILES string of the molecule is CCc1c(-c2c(C(C)C)nn3ccccc23)ccnc1CCCc1cccc2cccnc12. The zero-order chi connectivity index (χ0) is 22.8. The molecule has 0 radical (unpaired) electrons. The average Bonchev–Trinajstić information content (AvgIpc) is 3.24. The standard InChI is InChI=1S/C29H30N4/c1-4-23-24(27-26-15-5-6-19-33(26)32-28(27)20(2)3)16-18-30-25(23)14-8-12-21-10-7-11-22-13-9-17-31-29(21)22/h5-7,9-11,13,15-20H,4,8,12,14H2,1-3H3. The molecule has 0 unspecified atom stereocenters. The summed E-state index contributed by atoms with van der Waals surface area (Å²) >= 11 is 0. The van der Waals surface area contributed by atoms with Crippen LogP contribution >= 0.6 is 0 Å². The Hall–Kier alpha value is -3.53. The van der Waals surface area contributed by atoms with Crippen LogP contribution in [0.5, 0.6) is 0 Å². The highest BCUT2D eigenvalue weighted by Gasteiger charge is 2.20. The fourth-order valence-electron chi connectivity index (χ4n) is 4.89. The van der Waals surface area contributed by atoms with Gasteiger partial charge in [0.25, 0.3) is 0 Å². The maximum Gasteiger partial charge on any atom is 0.0743 e. The van der Waals surface area contributed by atoms with Crippen LogP contribution in [-0.4, -0.2) is 19.6 Å². The van der Waals surface area contributed by atoms with E-state index < -0.39 is 0 Å². The number of hydrogen-bond acceptors (Lipinski definition) is 3. The first-order chi connectivity index (χ1) is 16.2. The molecule has 5 aromatic rings. The largest absolute Gasteiger partial charge is 0.261 e. The van der Waals surface area contributed by atoms with Crippen molar-refractivity contribution in [1.82, 2.24) is 19.6 Å². The normalized spacial score (nSPS) is 11.6. The molecule has 0 atom stereocenters. The lowest BCUT2D eigenvalue weighted by atomic mass is 9.91. The van der Waals surface area contributed by atoms with E-state index in [-0.39, 0.29) is 0 Å². The van der Waals surface area contributed by atoms with E-state index in [1.54, 1.807) is 0 Å². The van der Waals surface area contributed by atoms with Crippen molar-refractivity contribution in [3.05, 3.63) is 95.7 Å².